The number of nitro groups is 1. The van der Waals surface area contributed by atoms with Gasteiger partial charge in [-0.2, -0.15) is 4.39 Å². The third-order valence-corrected chi connectivity index (χ3v) is 1.68. The zero-order chi connectivity index (χ0) is 10.0. The van der Waals surface area contributed by atoms with Crippen molar-refractivity contribution in [2.45, 2.75) is 4.90 Å². The minimum atomic E-state index is -0.981. The van der Waals surface area contributed by atoms with Gasteiger partial charge in [0.1, 0.15) is 0 Å². The Balaban J connectivity index is 3.35. The van der Waals surface area contributed by atoms with Crippen molar-refractivity contribution in [2.24, 2.45) is 0 Å². The van der Waals surface area contributed by atoms with Gasteiger partial charge in [-0.05, 0) is 6.07 Å². The Morgan fingerprint density at radius 1 is 1.62 bits per heavy atom. The van der Waals surface area contributed by atoms with Gasteiger partial charge in [-0.3, -0.25) is 10.1 Å². The molecule has 0 amide bonds. The zero-order valence-electron chi connectivity index (χ0n) is 6.65. The van der Waals surface area contributed by atoms with Gasteiger partial charge >= 0.3 is 5.69 Å². The van der Waals surface area contributed by atoms with E-state index in [9.17, 15) is 14.5 Å². The standard InChI is InChI=1S/C7H6FNO3S/c1-12-6-3-4(13)2-5(7(6)8)9(10)11/h2-3,13H,1H3. The van der Waals surface area contributed by atoms with E-state index in [1.54, 1.807) is 0 Å². The second-order valence-corrected chi connectivity index (χ2v) is 2.75. The van der Waals surface area contributed by atoms with Gasteiger partial charge in [0.2, 0.25) is 5.82 Å². The second kappa shape index (κ2) is 3.61. The fraction of sp³-hybridized carbons (Fsp3) is 0.143. The normalized spacial score (nSPS) is 9.77. The van der Waals surface area contributed by atoms with Crippen LogP contribution < -0.4 is 4.74 Å². The van der Waals surface area contributed by atoms with Crippen LogP contribution in [0.25, 0.3) is 0 Å². The highest BCUT2D eigenvalue weighted by Gasteiger charge is 2.19. The van der Waals surface area contributed by atoms with Crippen molar-refractivity contribution in [3.05, 3.63) is 28.1 Å². The van der Waals surface area contributed by atoms with Gasteiger partial charge in [-0.25, -0.2) is 0 Å². The maximum Gasteiger partial charge on any atom is 0.309 e. The van der Waals surface area contributed by atoms with Gasteiger partial charge < -0.3 is 4.74 Å². The van der Waals surface area contributed by atoms with E-state index in [-0.39, 0.29) is 10.6 Å². The minimum Gasteiger partial charge on any atom is -0.493 e. The van der Waals surface area contributed by atoms with E-state index in [1.165, 1.54) is 13.2 Å². The van der Waals surface area contributed by atoms with Crippen molar-refractivity contribution in [1.82, 2.24) is 0 Å². The maximum atomic E-state index is 13.1. The lowest BCUT2D eigenvalue weighted by atomic mass is 10.3. The third-order valence-electron chi connectivity index (χ3n) is 1.42. The topological polar surface area (TPSA) is 52.4 Å². The molecule has 0 aliphatic heterocycles. The number of nitro benzene ring substituents is 1. The van der Waals surface area contributed by atoms with E-state index in [0.29, 0.717) is 0 Å². The number of hydrogen-bond donors (Lipinski definition) is 1. The van der Waals surface area contributed by atoms with Gasteiger partial charge in [-0.15, -0.1) is 12.6 Å². The Morgan fingerprint density at radius 3 is 2.69 bits per heavy atom. The van der Waals surface area contributed by atoms with Crippen LogP contribution in [0.15, 0.2) is 17.0 Å². The van der Waals surface area contributed by atoms with E-state index in [2.05, 4.69) is 17.4 Å². The highest BCUT2D eigenvalue weighted by atomic mass is 32.1. The summed E-state index contributed by atoms with van der Waals surface area (Å²) >= 11 is 3.87. The van der Waals surface area contributed by atoms with Crippen LogP contribution in [0, 0.1) is 15.9 Å². The van der Waals surface area contributed by atoms with Crippen LogP contribution >= 0.6 is 12.6 Å². The summed E-state index contributed by atoms with van der Waals surface area (Å²) in [4.78, 5) is 9.78. The van der Waals surface area contributed by atoms with Gasteiger partial charge in [-0.1, -0.05) is 0 Å². The Hall–Kier alpha value is -1.30. The smallest absolute Gasteiger partial charge is 0.309 e. The third kappa shape index (κ3) is 1.89. The molecule has 0 aliphatic carbocycles. The van der Waals surface area contributed by atoms with Crippen LogP contribution in [-0.4, -0.2) is 12.0 Å². The summed E-state index contributed by atoms with van der Waals surface area (Å²) in [6.07, 6.45) is 0. The zero-order valence-corrected chi connectivity index (χ0v) is 7.55. The molecular formula is C7H6FNO3S. The molecule has 70 valence electrons. The molecule has 0 N–H and O–H groups in total. The molecule has 1 rings (SSSR count). The number of hydrogen-bond acceptors (Lipinski definition) is 4. The number of nitrogens with zero attached hydrogens (tertiary/aromatic N) is 1. The molecule has 0 spiro atoms. The number of rotatable bonds is 2. The van der Waals surface area contributed by atoms with Crippen LogP contribution in [0.1, 0.15) is 0 Å². The molecule has 13 heavy (non-hydrogen) atoms. The predicted molar refractivity (Wildman–Crippen MR) is 46.9 cm³/mol. The number of methoxy groups -OCH3 is 1. The van der Waals surface area contributed by atoms with Crippen molar-refractivity contribution >= 4 is 18.3 Å². The first-order valence-electron chi connectivity index (χ1n) is 3.27. The maximum absolute atomic E-state index is 13.1. The molecule has 4 nitrogen and oxygen atoms in total. The largest absolute Gasteiger partial charge is 0.493 e. The van der Waals surface area contributed by atoms with Crippen molar-refractivity contribution in [2.75, 3.05) is 7.11 Å². The summed E-state index contributed by atoms with van der Waals surface area (Å²) in [6, 6.07) is 2.30. The van der Waals surface area contributed by atoms with E-state index in [1.807, 2.05) is 0 Å². The van der Waals surface area contributed by atoms with Gasteiger partial charge in [0.05, 0.1) is 12.0 Å². The lowest BCUT2D eigenvalue weighted by Gasteiger charge is -2.02. The van der Waals surface area contributed by atoms with Crippen LogP contribution in [0.3, 0.4) is 0 Å². The molecule has 0 saturated heterocycles. The van der Waals surface area contributed by atoms with E-state index < -0.39 is 16.4 Å². The van der Waals surface area contributed by atoms with E-state index in [0.717, 1.165) is 6.07 Å². The number of halogens is 1. The second-order valence-electron chi connectivity index (χ2n) is 2.24. The SMILES string of the molecule is COc1cc(S)cc([N+](=O)[O-])c1F. The van der Waals surface area contributed by atoms with E-state index >= 15 is 0 Å². The summed E-state index contributed by atoms with van der Waals surface area (Å²) in [5, 5.41) is 10.3. The van der Waals surface area contributed by atoms with Crippen LogP contribution in [0.2, 0.25) is 0 Å². The molecule has 0 heterocycles. The van der Waals surface area contributed by atoms with Crippen molar-refractivity contribution in [3.8, 4) is 5.75 Å². The average Bonchev–Trinajstić information content (AvgIpc) is 2.08. The fourth-order valence-corrected chi connectivity index (χ4v) is 1.09. The summed E-state index contributed by atoms with van der Waals surface area (Å²) in [5.74, 6) is -1.16. The molecule has 1 aromatic carbocycles. The van der Waals surface area contributed by atoms with Gasteiger partial charge in [0.15, 0.2) is 5.75 Å². The molecule has 0 saturated carbocycles. The first-order chi connectivity index (χ1) is 6.06. The molecule has 0 bridgehead atoms. The Labute approximate surface area is 78.9 Å². The highest BCUT2D eigenvalue weighted by molar-refractivity contribution is 7.80. The van der Waals surface area contributed by atoms with Crippen LogP contribution in [0.4, 0.5) is 10.1 Å². The molecule has 6 heteroatoms. The fourth-order valence-electron chi connectivity index (χ4n) is 0.850. The Bertz CT molecular complexity index is 356. The first-order valence-corrected chi connectivity index (χ1v) is 3.72. The van der Waals surface area contributed by atoms with Crippen molar-refractivity contribution < 1.29 is 14.1 Å². The Kier molecular flexibility index (Phi) is 2.72. The van der Waals surface area contributed by atoms with Crippen molar-refractivity contribution in [3.63, 3.8) is 0 Å². The summed E-state index contributed by atoms with van der Waals surface area (Å²) < 4.78 is 17.7. The predicted octanol–water partition coefficient (Wildman–Crippen LogP) is 2.03. The molecule has 0 aliphatic rings. The lowest BCUT2D eigenvalue weighted by Crippen LogP contribution is -1.96. The van der Waals surface area contributed by atoms with Gasteiger partial charge in [0.25, 0.3) is 0 Å². The molecule has 0 unspecified atom stereocenters. The summed E-state index contributed by atoms with van der Waals surface area (Å²) in [7, 11) is 1.23. The van der Waals surface area contributed by atoms with Crippen LogP contribution in [-0.2, 0) is 0 Å². The minimum absolute atomic E-state index is 0.181. The Morgan fingerprint density at radius 2 is 2.23 bits per heavy atom. The van der Waals surface area contributed by atoms with Crippen LogP contribution in [0.5, 0.6) is 5.75 Å². The molecular weight excluding hydrogens is 197 g/mol. The molecule has 0 aromatic heterocycles. The van der Waals surface area contributed by atoms with Crippen molar-refractivity contribution in [1.29, 1.82) is 0 Å². The molecule has 0 atom stereocenters. The highest BCUT2D eigenvalue weighted by Crippen LogP contribution is 2.29. The monoisotopic (exact) mass is 203 g/mol. The number of thiol groups is 1. The first kappa shape index (κ1) is 9.79. The summed E-state index contributed by atoms with van der Waals surface area (Å²) in [6.45, 7) is 0. The number of ether oxygens (including phenoxy) is 1. The lowest BCUT2D eigenvalue weighted by molar-refractivity contribution is -0.387. The molecule has 1 aromatic rings. The summed E-state index contributed by atoms with van der Waals surface area (Å²) in [5.41, 5.74) is -0.635. The van der Waals surface area contributed by atoms with Gasteiger partial charge in [0, 0.05) is 11.0 Å². The number of benzene rings is 1. The van der Waals surface area contributed by atoms with E-state index in [4.69, 9.17) is 0 Å². The quantitative estimate of drug-likeness (QED) is 0.454. The molecule has 0 radical (unpaired) electrons. The average molecular weight is 203 g/mol. The molecule has 0 fully saturated rings.